The van der Waals surface area contributed by atoms with Crippen LogP contribution in [0.4, 0.5) is 5.69 Å². The molecular weight excluding hydrogens is 362 g/mol. The monoisotopic (exact) mass is 381 g/mol. The van der Waals surface area contributed by atoms with Crippen molar-refractivity contribution >= 4 is 29.4 Å². The third-order valence-corrected chi connectivity index (χ3v) is 4.91. The highest BCUT2D eigenvalue weighted by molar-refractivity contribution is 6.08. The molecule has 3 atom stereocenters. The summed E-state index contributed by atoms with van der Waals surface area (Å²) in [4.78, 5) is 50.1. The molecule has 3 rings (SSSR count). The number of carbonyl (C=O) groups excluding carboxylic acids is 4. The Kier molecular flexibility index (Phi) is 5.54. The lowest BCUT2D eigenvalue weighted by atomic mass is 9.85. The summed E-state index contributed by atoms with van der Waals surface area (Å²) in [5.41, 5.74) is 0.906. The van der Waals surface area contributed by atoms with E-state index < -0.39 is 36.4 Å². The highest BCUT2D eigenvalue weighted by atomic mass is 16.5. The lowest BCUT2D eigenvalue weighted by Gasteiger charge is -2.21. The fourth-order valence-electron chi connectivity index (χ4n) is 3.40. The number of allylic oxidation sites excluding steroid dienone is 2. The van der Waals surface area contributed by atoms with Gasteiger partial charge in [0.2, 0.25) is 11.8 Å². The van der Waals surface area contributed by atoms with Crippen LogP contribution in [0.15, 0.2) is 36.4 Å². The van der Waals surface area contributed by atoms with Gasteiger partial charge in [0.1, 0.15) is 6.04 Å². The average Bonchev–Trinajstić information content (AvgIpc) is 2.97. The lowest BCUT2D eigenvalue weighted by molar-refractivity contribution is -0.159. The summed E-state index contributed by atoms with van der Waals surface area (Å²) in [5.74, 6) is -2.97. The zero-order chi connectivity index (χ0) is 20.3. The number of likely N-dealkylation sites (tertiary alicyclic amines) is 1. The molecule has 0 saturated carbocycles. The van der Waals surface area contributed by atoms with Gasteiger partial charge in [-0.15, -0.1) is 0 Å². The molecule has 1 heterocycles. The van der Waals surface area contributed by atoms with Crippen molar-refractivity contribution in [2.45, 2.75) is 25.8 Å². The summed E-state index contributed by atoms with van der Waals surface area (Å²) >= 11 is 0. The van der Waals surface area contributed by atoms with Crippen molar-refractivity contribution in [3.63, 3.8) is 0 Å². The second kappa shape index (κ2) is 8.05. The first-order chi connectivity index (χ1) is 13.4. The number of anilines is 1. The number of ether oxygens (including phenoxy) is 1. The van der Waals surface area contributed by atoms with Crippen LogP contribution in [-0.4, -0.2) is 41.2 Å². The van der Waals surface area contributed by atoms with E-state index in [-0.39, 0.29) is 11.8 Å². The highest BCUT2D eigenvalue weighted by Crippen LogP contribution is 2.36. The van der Waals surface area contributed by atoms with E-state index in [0.717, 1.165) is 4.90 Å². The molecule has 1 aromatic carbocycles. The number of benzene rings is 1. The van der Waals surface area contributed by atoms with Gasteiger partial charge in [0.05, 0.1) is 23.5 Å². The van der Waals surface area contributed by atoms with Crippen LogP contribution >= 0.6 is 0 Å². The van der Waals surface area contributed by atoms with Crippen molar-refractivity contribution < 1.29 is 23.9 Å². The minimum atomic E-state index is -1.09. The Bertz CT molecular complexity index is 858. The van der Waals surface area contributed by atoms with Gasteiger partial charge >= 0.3 is 5.97 Å². The van der Waals surface area contributed by atoms with Gasteiger partial charge in [-0.1, -0.05) is 12.2 Å². The Hall–Kier alpha value is -3.47. The second-order valence-corrected chi connectivity index (χ2v) is 6.72. The van der Waals surface area contributed by atoms with Gasteiger partial charge in [0.15, 0.2) is 6.61 Å². The number of carbonyl (C=O) groups is 4. The van der Waals surface area contributed by atoms with Gasteiger partial charge < -0.3 is 10.1 Å². The van der Waals surface area contributed by atoms with Crippen molar-refractivity contribution in [1.29, 1.82) is 5.26 Å². The lowest BCUT2D eigenvalue weighted by Crippen LogP contribution is -2.45. The molecule has 1 fully saturated rings. The van der Waals surface area contributed by atoms with E-state index in [1.165, 1.54) is 6.92 Å². The number of esters is 1. The number of hydrogen-bond donors (Lipinski definition) is 1. The maximum Gasteiger partial charge on any atom is 0.329 e. The molecular formula is C20H19N3O5. The molecule has 1 N–H and O–H groups in total. The fourth-order valence-corrected chi connectivity index (χ4v) is 3.40. The standard InChI is InChI=1S/C20H19N3O5/c1-12(23-18(25)15-4-2-3-5-16(15)19(23)26)20(27)28-11-17(24)22-14-8-6-13(10-21)7-9-14/h2-3,6-9,12,15-16H,4-5,11H2,1H3,(H,22,24)/t12-,15-,16-/m0/s1. The zero-order valence-electron chi connectivity index (χ0n) is 15.3. The number of nitrogens with one attached hydrogen (secondary N) is 1. The van der Waals surface area contributed by atoms with E-state index in [1.807, 2.05) is 18.2 Å². The Morgan fingerprint density at radius 2 is 1.75 bits per heavy atom. The van der Waals surface area contributed by atoms with Gasteiger partial charge in [-0.2, -0.15) is 5.26 Å². The Morgan fingerprint density at radius 3 is 2.29 bits per heavy atom. The van der Waals surface area contributed by atoms with Gasteiger partial charge in [0, 0.05) is 5.69 Å². The number of rotatable bonds is 5. The molecule has 1 saturated heterocycles. The summed E-state index contributed by atoms with van der Waals surface area (Å²) in [6.45, 7) is 0.870. The van der Waals surface area contributed by atoms with Gasteiger partial charge in [0.25, 0.3) is 5.91 Å². The molecule has 3 amide bonds. The van der Waals surface area contributed by atoms with Gasteiger partial charge in [-0.3, -0.25) is 19.3 Å². The van der Waals surface area contributed by atoms with Crippen molar-refractivity contribution in [2.75, 3.05) is 11.9 Å². The van der Waals surface area contributed by atoms with E-state index >= 15 is 0 Å². The number of imide groups is 1. The predicted molar refractivity (Wildman–Crippen MR) is 97.4 cm³/mol. The van der Waals surface area contributed by atoms with E-state index in [9.17, 15) is 19.2 Å². The molecule has 0 spiro atoms. The van der Waals surface area contributed by atoms with Crippen LogP contribution in [0, 0.1) is 23.2 Å². The molecule has 1 aliphatic carbocycles. The summed E-state index contributed by atoms with van der Waals surface area (Å²) in [5, 5.41) is 11.3. The first kappa shape index (κ1) is 19.3. The summed E-state index contributed by atoms with van der Waals surface area (Å²) < 4.78 is 4.98. The summed E-state index contributed by atoms with van der Waals surface area (Å²) in [6, 6.07) is 7.07. The van der Waals surface area contributed by atoms with Crippen molar-refractivity contribution in [2.24, 2.45) is 11.8 Å². The Balaban J connectivity index is 1.54. The molecule has 1 aliphatic heterocycles. The van der Waals surface area contributed by atoms with E-state index in [2.05, 4.69) is 5.32 Å². The SMILES string of the molecule is C[C@@H](C(=O)OCC(=O)Nc1ccc(C#N)cc1)N1C(=O)[C@H]2CC=CC[C@@H]2C1=O. The number of nitriles is 1. The molecule has 0 aromatic heterocycles. The van der Waals surface area contributed by atoms with Crippen LogP contribution in [0.3, 0.4) is 0 Å². The average molecular weight is 381 g/mol. The number of amides is 3. The van der Waals surface area contributed by atoms with Crippen LogP contribution in [-0.2, 0) is 23.9 Å². The number of nitrogens with zero attached hydrogens (tertiary/aromatic N) is 2. The maximum absolute atomic E-state index is 12.5. The summed E-state index contributed by atoms with van der Waals surface area (Å²) in [6.07, 6.45) is 4.71. The summed E-state index contributed by atoms with van der Waals surface area (Å²) in [7, 11) is 0. The normalized spacial score (nSPS) is 21.6. The first-order valence-corrected chi connectivity index (χ1v) is 8.91. The predicted octanol–water partition coefficient (Wildman–Crippen LogP) is 1.38. The first-order valence-electron chi connectivity index (χ1n) is 8.91. The third kappa shape index (κ3) is 3.78. The van der Waals surface area contributed by atoms with Crippen molar-refractivity contribution in [3.05, 3.63) is 42.0 Å². The molecule has 2 aliphatic rings. The van der Waals surface area contributed by atoms with Crippen molar-refractivity contribution in [1.82, 2.24) is 4.90 Å². The zero-order valence-corrected chi connectivity index (χ0v) is 15.3. The molecule has 144 valence electrons. The fraction of sp³-hybridized carbons (Fsp3) is 0.350. The second-order valence-electron chi connectivity index (χ2n) is 6.72. The smallest absolute Gasteiger partial charge is 0.329 e. The molecule has 8 nitrogen and oxygen atoms in total. The highest BCUT2D eigenvalue weighted by Gasteiger charge is 2.50. The van der Waals surface area contributed by atoms with E-state index in [1.54, 1.807) is 24.3 Å². The molecule has 28 heavy (non-hydrogen) atoms. The molecule has 0 unspecified atom stereocenters. The van der Waals surface area contributed by atoms with Crippen LogP contribution in [0.5, 0.6) is 0 Å². The van der Waals surface area contributed by atoms with Crippen LogP contribution < -0.4 is 5.32 Å². The van der Waals surface area contributed by atoms with Gasteiger partial charge in [-0.05, 0) is 44.0 Å². The van der Waals surface area contributed by atoms with Gasteiger partial charge in [-0.25, -0.2) is 4.79 Å². The van der Waals surface area contributed by atoms with Crippen LogP contribution in [0.25, 0.3) is 0 Å². The number of fused-ring (bicyclic) bond motifs is 1. The maximum atomic E-state index is 12.5. The minimum Gasteiger partial charge on any atom is -0.454 e. The van der Waals surface area contributed by atoms with Crippen LogP contribution in [0.2, 0.25) is 0 Å². The Morgan fingerprint density at radius 1 is 1.18 bits per heavy atom. The Labute approximate surface area is 161 Å². The van der Waals surface area contributed by atoms with Crippen molar-refractivity contribution in [3.8, 4) is 6.07 Å². The molecule has 1 aromatic rings. The van der Waals surface area contributed by atoms with E-state index in [0.29, 0.717) is 24.1 Å². The molecule has 0 bridgehead atoms. The molecule has 0 radical (unpaired) electrons. The molecule has 8 heteroatoms. The minimum absolute atomic E-state index is 0.370. The van der Waals surface area contributed by atoms with E-state index in [4.69, 9.17) is 10.00 Å². The topological polar surface area (TPSA) is 117 Å². The van der Waals surface area contributed by atoms with Crippen LogP contribution in [0.1, 0.15) is 25.3 Å². The quantitative estimate of drug-likeness (QED) is 0.468. The third-order valence-electron chi connectivity index (χ3n) is 4.91. The number of hydrogen-bond acceptors (Lipinski definition) is 6. The largest absolute Gasteiger partial charge is 0.454 e.